The molecule has 0 spiro atoms. The van der Waals surface area contributed by atoms with E-state index in [9.17, 15) is 4.79 Å². The first-order valence-electron chi connectivity index (χ1n) is 5.28. The molecule has 18 heavy (non-hydrogen) atoms. The average Bonchev–Trinajstić information content (AvgIpc) is 2.78. The second-order valence-corrected chi connectivity index (χ2v) is 3.61. The van der Waals surface area contributed by atoms with Crippen molar-refractivity contribution in [3.8, 4) is 11.7 Å². The smallest absolute Gasteiger partial charge is 0.371 e. The van der Waals surface area contributed by atoms with Crippen LogP contribution in [0.3, 0.4) is 0 Å². The number of rotatable bonds is 5. The number of methoxy groups -OCH3 is 1. The molecule has 0 fully saturated rings. The first-order valence-corrected chi connectivity index (χ1v) is 5.28. The minimum absolute atomic E-state index is 0.141. The molecule has 0 saturated heterocycles. The van der Waals surface area contributed by atoms with Crippen LogP contribution in [0.1, 0.15) is 16.1 Å². The third kappa shape index (κ3) is 2.89. The van der Waals surface area contributed by atoms with Crippen LogP contribution in [0.25, 0.3) is 0 Å². The summed E-state index contributed by atoms with van der Waals surface area (Å²) in [4.78, 5) is 10.6. The Kier molecular flexibility index (Phi) is 3.64. The number of furan rings is 1. The number of carboxylic acids is 1. The van der Waals surface area contributed by atoms with Gasteiger partial charge < -0.3 is 19.0 Å². The lowest BCUT2D eigenvalue weighted by Gasteiger charge is -2.04. The van der Waals surface area contributed by atoms with Crippen molar-refractivity contribution in [2.45, 2.75) is 6.61 Å². The normalized spacial score (nSPS) is 10.3. The van der Waals surface area contributed by atoms with Crippen LogP contribution in [0.15, 0.2) is 40.8 Å². The quantitative estimate of drug-likeness (QED) is 0.881. The fourth-order valence-corrected chi connectivity index (χ4v) is 1.47. The van der Waals surface area contributed by atoms with Crippen LogP contribution in [0, 0.1) is 0 Å². The van der Waals surface area contributed by atoms with E-state index in [2.05, 4.69) is 0 Å². The first kappa shape index (κ1) is 12.2. The highest BCUT2D eigenvalue weighted by molar-refractivity contribution is 5.84. The number of hydrogen-bond donors (Lipinski definition) is 1. The molecular weight excluding hydrogens is 236 g/mol. The summed E-state index contributed by atoms with van der Waals surface area (Å²) >= 11 is 0. The zero-order chi connectivity index (χ0) is 13.0. The molecule has 1 N–H and O–H groups in total. The van der Waals surface area contributed by atoms with E-state index in [0.29, 0.717) is 12.4 Å². The molecule has 5 nitrogen and oxygen atoms in total. The van der Waals surface area contributed by atoms with Crippen LogP contribution in [0.5, 0.6) is 11.7 Å². The lowest BCUT2D eigenvalue weighted by molar-refractivity contribution is 0.0657. The molecule has 5 heteroatoms. The SMILES string of the molecule is COCc1cccc(Oc2ccc(C(=O)O)o2)c1. The molecule has 2 aromatic rings. The van der Waals surface area contributed by atoms with Gasteiger partial charge in [0.2, 0.25) is 5.76 Å². The molecule has 0 bridgehead atoms. The number of benzene rings is 1. The molecule has 0 aliphatic heterocycles. The standard InChI is InChI=1S/C13H12O5/c1-16-8-9-3-2-4-10(7-9)17-12-6-5-11(18-12)13(14)15/h2-7H,8H2,1H3,(H,14,15). The third-order valence-corrected chi connectivity index (χ3v) is 2.22. The van der Waals surface area contributed by atoms with Crippen molar-refractivity contribution < 1.29 is 23.8 Å². The van der Waals surface area contributed by atoms with Gasteiger partial charge in [-0.25, -0.2) is 4.79 Å². The van der Waals surface area contributed by atoms with E-state index in [1.807, 2.05) is 12.1 Å². The van der Waals surface area contributed by atoms with E-state index in [0.717, 1.165) is 5.56 Å². The molecular formula is C13H12O5. The number of hydrogen-bond acceptors (Lipinski definition) is 4. The molecule has 0 saturated carbocycles. The zero-order valence-electron chi connectivity index (χ0n) is 9.75. The Morgan fingerprint density at radius 2 is 2.17 bits per heavy atom. The van der Waals surface area contributed by atoms with Crippen LogP contribution in [0.2, 0.25) is 0 Å². The minimum atomic E-state index is -1.13. The lowest BCUT2D eigenvalue weighted by atomic mass is 10.2. The summed E-state index contributed by atoms with van der Waals surface area (Å²) in [5.74, 6) is -0.575. The molecule has 0 amide bonds. The molecule has 2 rings (SSSR count). The van der Waals surface area contributed by atoms with Gasteiger partial charge in [-0.3, -0.25) is 0 Å². The van der Waals surface area contributed by atoms with Crippen molar-refractivity contribution in [3.63, 3.8) is 0 Å². The highest BCUT2D eigenvalue weighted by Gasteiger charge is 2.10. The largest absolute Gasteiger partial charge is 0.475 e. The van der Waals surface area contributed by atoms with Gasteiger partial charge in [0.15, 0.2) is 0 Å². The van der Waals surface area contributed by atoms with Crippen molar-refractivity contribution in [3.05, 3.63) is 47.7 Å². The van der Waals surface area contributed by atoms with Crippen LogP contribution in [-0.4, -0.2) is 18.2 Å². The fourth-order valence-electron chi connectivity index (χ4n) is 1.47. The zero-order valence-corrected chi connectivity index (χ0v) is 9.75. The lowest BCUT2D eigenvalue weighted by Crippen LogP contribution is -1.92. The van der Waals surface area contributed by atoms with Crippen LogP contribution < -0.4 is 4.74 Å². The predicted octanol–water partition coefficient (Wildman–Crippen LogP) is 2.92. The third-order valence-electron chi connectivity index (χ3n) is 2.22. The molecule has 94 valence electrons. The van der Waals surface area contributed by atoms with Gasteiger partial charge in [0.25, 0.3) is 5.95 Å². The van der Waals surface area contributed by atoms with E-state index in [1.54, 1.807) is 19.2 Å². The Labute approximate surface area is 104 Å². The van der Waals surface area contributed by atoms with Crippen molar-refractivity contribution >= 4 is 5.97 Å². The van der Waals surface area contributed by atoms with Crippen molar-refractivity contribution in [2.24, 2.45) is 0 Å². The summed E-state index contributed by atoms with van der Waals surface area (Å²) in [6.07, 6.45) is 0. The monoisotopic (exact) mass is 248 g/mol. The molecule has 1 heterocycles. The van der Waals surface area contributed by atoms with Gasteiger partial charge in [-0.15, -0.1) is 0 Å². The van der Waals surface area contributed by atoms with Crippen LogP contribution in [0.4, 0.5) is 0 Å². The predicted molar refractivity (Wildman–Crippen MR) is 62.9 cm³/mol. The maximum atomic E-state index is 10.6. The van der Waals surface area contributed by atoms with E-state index < -0.39 is 5.97 Å². The summed E-state index contributed by atoms with van der Waals surface area (Å²) in [7, 11) is 1.61. The van der Waals surface area contributed by atoms with Gasteiger partial charge in [-0.2, -0.15) is 0 Å². The summed E-state index contributed by atoms with van der Waals surface area (Å²) in [6.45, 7) is 0.482. The van der Waals surface area contributed by atoms with Gasteiger partial charge in [0.05, 0.1) is 6.61 Å². The van der Waals surface area contributed by atoms with Crippen LogP contribution in [-0.2, 0) is 11.3 Å². The molecule has 0 unspecified atom stereocenters. The Hall–Kier alpha value is -2.27. The fraction of sp³-hybridized carbons (Fsp3) is 0.154. The van der Waals surface area contributed by atoms with Gasteiger partial charge >= 0.3 is 5.97 Å². The van der Waals surface area contributed by atoms with E-state index >= 15 is 0 Å². The van der Waals surface area contributed by atoms with E-state index in [4.69, 9.17) is 19.0 Å². The van der Waals surface area contributed by atoms with E-state index in [1.165, 1.54) is 12.1 Å². The number of carboxylic acid groups (broad SMARTS) is 1. The highest BCUT2D eigenvalue weighted by atomic mass is 16.6. The second kappa shape index (κ2) is 5.37. The number of carbonyl (C=O) groups is 1. The molecule has 0 atom stereocenters. The molecule has 0 aliphatic carbocycles. The molecule has 1 aromatic heterocycles. The maximum Gasteiger partial charge on any atom is 0.371 e. The average molecular weight is 248 g/mol. The number of aromatic carboxylic acids is 1. The number of ether oxygens (including phenoxy) is 2. The first-order chi connectivity index (χ1) is 8.69. The summed E-state index contributed by atoms with van der Waals surface area (Å²) in [5.41, 5.74) is 0.958. The molecule has 1 aromatic carbocycles. The maximum absolute atomic E-state index is 10.6. The minimum Gasteiger partial charge on any atom is -0.475 e. The Balaban J connectivity index is 2.12. The molecule has 0 aliphatic rings. The second-order valence-electron chi connectivity index (χ2n) is 3.61. The summed E-state index contributed by atoms with van der Waals surface area (Å²) in [6, 6.07) is 10.1. The van der Waals surface area contributed by atoms with Gasteiger partial charge in [0.1, 0.15) is 5.75 Å². The van der Waals surface area contributed by atoms with Gasteiger partial charge in [0, 0.05) is 13.2 Å². The van der Waals surface area contributed by atoms with Gasteiger partial charge in [-0.05, 0) is 23.8 Å². The van der Waals surface area contributed by atoms with Crippen molar-refractivity contribution in [1.82, 2.24) is 0 Å². The Morgan fingerprint density at radius 1 is 1.33 bits per heavy atom. The Bertz CT molecular complexity index is 544. The van der Waals surface area contributed by atoms with Crippen molar-refractivity contribution in [2.75, 3.05) is 7.11 Å². The topological polar surface area (TPSA) is 68.9 Å². The summed E-state index contributed by atoms with van der Waals surface area (Å²) < 4.78 is 15.4. The summed E-state index contributed by atoms with van der Waals surface area (Å²) in [5, 5.41) is 8.71. The molecule has 0 radical (unpaired) electrons. The van der Waals surface area contributed by atoms with Gasteiger partial charge in [-0.1, -0.05) is 12.1 Å². The van der Waals surface area contributed by atoms with Crippen molar-refractivity contribution in [1.29, 1.82) is 0 Å². The van der Waals surface area contributed by atoms with Crippen LogP contribution >= 0.6 is 0 Å². The highest BCUT2D eigenvalue weighted by Crippen LogP contribution is 2.24. The van der Waals surface area contributed by atoms with E-state index in [-0.39, 0.29) is 11.7 Å². The Morgan fingerprint density at radius 3 is 2.83 bits per heavy atom.